The van der Waals surface area contributed by atoms with Crippen LogP contribution in [0.25, 0.3) is 0 Å². The number of thiophene rings is 1. The molecule has 0 aromatic carbocycles. The Kier molecular flexibility index (Phi) is 4.76. The number of hydrogen-bond donors (Lipinski definition) is 0. The number of aromatic nitrogens is 1. The lowest BCUT2D eigenvalue weighted by molar-refractivity contribution is -0.139. The molecule has 0 unspecified atom stereocenters. The van der Waals surface area contributed by atoms with Crippen molar-refractivity contribution in [1.29, 1.82) is 0 Å². The van der Waals surface area contributed by atoms with Gasteiger partial charge in [0.1, 0.15) is 0 Å². The molecule has 0 aliphatic carbocycles. The molecule has 136 valence electrons. The van der Waals surface area contributed by atoms with Crippen LogP contribution in [-0.4, -0.2) is 46.2 Å². The summed E-state index contributed by atoms with van der Waals surface area (Å²) in [6.45, 7) is 3.03. The van der Waals surface area contributed by atoms with Crippen molar-refractivity contribution < 1.29 is 9.59 Å². The lowest BCUT2D eigenvalue weighted by Gasteiger charge is -2.47. The van der Waals surface area contributed by atoms with Gasteiger partial charge in [0.25, 0.3) is 5.91 Å². The Morgan fingerprint density at radius 1 is 1.15 bits per heavy atom. The lowest BCUT2D eigenvalue weighted by Crippen LogP contribution is -2.52. The van der Waals surface area contributed by atoms with Gasteiger partial charge in [-0.05, 0) is 53.8 Å². The van der Waals surface area contributed by atoms with E-state index in [1.807, 2.05) is 39.4 Å². The third-order valence-electron chi connectivity index (χ3n) is 5.71. The lowest BCUT2D eigenvalue weighted by atomic mass is 9.72. The highest BCUT2D eigenvalue weighted by Gasteiger charge is 2.41. The van der Waals surface area contributed by atoms with Crippen LogP contribution in [0.5, 0.6) is 0 Å². The van der Waals surface area contributed by atoms with E-state index in [-0.39, 0.29) is 17.2 Å². The van der Waals surface area contributed by atoms with Gasteiger partial charge >= 0.3 is 0 Å². The molecule has 4 rings (SSSR count). The zero-order valence-corrected chi connectivity index (χ0v) is 15.6. The van der Waals surface area contributed by atoms with Crippen LogP contribution in [0.1, 0.15) is 40.9 Å². The molecule has 0 radical (unpaired) electrons. The molecule has 2 aliphatic heterocycles. The van der Waals surface area contributed by atoms with E-state index in [0.717, 1.165) is 49.3 Å². The molecule has 2 amide bonds. The Balaban J connectivity index is 1.40. The standard InChI is InChI=1S/C20H23N3O2S/c24-18-3-6-20(15-23(18)14-16-4-9-21-10-5-16)7-11-22(12-8-20)19(25)17-2-1-13-26-17/h1-2,4-5,9-10,13H,3,6-8,11-12,14-15H2. The van der Waals surface area contributed by atoms with Gasteiger partial charge in [-0.3, -0.25) is 14.6 Å². The number of piperidine rings is 2. The summed E-state index contributed by atoms with van der Waals surface area (Å²) in [7, 11) is 0. The number of carbonyl (C=O) groups excluding carboxylic acids is 2. The van der Waals surface area contributed by atoms with Crippen LogP contribution in [0.3, 0.4) is 0 Å². The highest BCUT2D eigenvalue weighted by molar-refractivity contribution is 7.12. The van der Waals surface area contributed by atoms with Gasteiger partial charge in [-0.2, -0.15) is 0 Å². The number of amides is 2. The van der Waals surface area contributed by atoms with Crippen molar-refractivity contribution in [1.82, 2.24) is 14.8 Å². The largest absolute Gasteiger partial charge is 0.338 e. The van der Waals surface area contributed by atoms with Crippen molar-refractivity contribution in [3.8, 4) is 0 Å². The van der Waals surface area contributed by atoms with Crippen LogP contribution >= 0.6 is 11.3 Å². The summed E-state index contributed by atoms with van der Waals surface area (Å²) in [6, 6.07) is 7.76. The first kappa shape index (κ1) is 17.2. The normalized spacial score (nSPS) is 19.8. The van der Waals surface area contributed by atoms with E-state index in [0.29, 0.717) is 13.0 Å². The van der Waals surface area contributed by atoms with E-state index in [1.165, 1.54) is 11.3 Å². The summed E-state index contributed by atoms with van der Waals surface area (Å²) in [4.78, 5) is 33.8. The predicted octanol–water partition coefficient (Wildman–Crippen LogP) is 3.19. The summed E-state index contributed by atoms with van der Waals surface area (Å²) in [5.74, 6) is 0.389. The van der Waals surface area contributed by atoms with Gasteiger partial charge in [-0.15, -0.1) is 11.3 Å². The first-order chi connectivity index (χ1) is 12.7. The first-order valence-electron chi connectivity index (χ1n) is 9.15. The molecule has 0 N–H and O–H groups in total. The third kappa shape index (κ3) is 3.51. The van der Waals surface area contributed by atoms with Crippen LogP contribution in [0.15, 0.2) is 42.0 Å². The minimum atomic E-state index is 0.148. The van der Waals surface area contributed by atoms with Crippen molar-refractivity contribution in [2.24, 2.45) is 5.41 Å². The molecule has 2 fully saturated rings. The molecule has 0 bridgehead atoms. The second kappa shape index (κ2) is 7.19. The molecule has 5 nitrogen and oxygen atoms in total. The molecule has 0 saturated carbocycles. The van der Waals surface area contributed by atoms with Crippen LogP contribution in [0, 0.1) is 5.41 Å². The van der Waals surface area contributed by atoms with E-state index in [9.17, 15) is 9.59 Å². The number of carbonyl (C=O) groups is 2. The Hall–Kier alpha value is -2.21. The van der Waals surface area contributed by atoms with Gasteiger partial charge in [0.15, 0.2) is 0 Å². The summed E-state index contributed by atoms with van der Waals surface area (Å²) < 4.78 is 0. The Labute approximate surface area is 157 Å². The third-order valence-corrected chi connectivity index (χ3v) is 6.57. The topological polar surface area (TPSA) is 53.5 Å². The highest BCUT2D eigenvalue weighted by atomic mass is 32.1. The van der Waals surface area contributed by atoms with Crippen molar-refractivity contribution in [2.75, 3.05) is 19.6 Å². The maximum atomic E-state index is 12.6. The first-order valence-corrected chi connectivity index (χ1v) is 10.0. The minimum absolute atomic E-state index is 0.148. The number of pyridine rings is 1. The van der Waals surface area contributed by atoms with E-state index in [4.69, 9.17) is 0 Å². The summed E-state index contributed by atoms with van der Waals surface area (Å²) in [5.41, 5.74) is 1.28. The Morgan fingerprint density at radius 3 is 2.62 bits per heavy atom. The molecular formula is C20H23N3O2S. The predicted molar refractivity (Wildman–Crippen MR) is 101 cm³/mol. The molecule has 6 heteroatoms. The zero-order valence-electron chi connectivity index (χ0n) is 14.8. The average Bonchev–Trinajstić information content (AvgIpc) is 3.21. The molecule has 26 heavy (non-hydrogen) atoms. The average molecular weight is 369 g/mol. The summed E-state index contributed by atoms with van der Waals surface area (Å²) >= 11 is 1.50. The number of hydrogen-bond acceptors (Lipinski definition) is 4. The maximum Gasteiger partial charge on any atom is 0.263 e. The molecule has 4 heterocycles. The molecule has 1 spiro atoms. The second-order valence-electron chi connectivity index (χ2n) is 7.37. The van der Waals surface area contributed by atoms with E-state index in [1.54, 1.807) is 12.4 Å². The highest BCUT2D eigenvalue weighted by Crippen LogP contribution is 2.41. The fraction of sp³-hybridized carbons (Fsp3) is 0.450. The molecule has 0 atom stereocenters. The van der Waals surface area contributed by atoms with E-state index < -0.39 is 0 Å². The molecular weight excluding hydrogens is 346 g/mol. The SMILES string of the molecule is O=C1CCC2(CCN(C(=O)c3cccs3)CC2)CN1Cc1ccncc1. The Morgan fingerprint density at radius 2 is 1.92 bits per heavy atom. The molecule has 2 aromatic heterocycles. The van der Waals surface area contributed by atoms with Crippen LogP contribution in [0.2, 0.25) is 0 Å². The van der Waals surface area contributed by atoms with Gasteiger partial charge in [-0.25, -0.2) is 0 Å². The summed E-state index contributed by atoms with van der Waals surface area (Å²) in [5, 5.41) is 1.95. The van der Waals surface area contributed by atoms with Crippen molar-refractivity contribution in [2.45, 2.75) is 32.2 Å². The van der Waals surface area contributed by atoms with Crippen molar-refractivity contribution >= 4 is 23.2 Å². The number of likely N-dealkylation sites (tertiary alicyclic amines) is 2. The van der Waals surface area contributed by atoms with Crippen LogP contribution in [-0.2, 0) is 11.3 Å². The number of nitrogens with zero attached hydrogens (tertiary/aromatic N) is 3. The van der Waals surface area contributed by atoms with Crippen molar-refractivity contribution in [3.05, 3.63) is 52.5 Å². The van der Waals surface area contributed by atoms with E-state index in [2.05, 4.69) is 4.98 Å². The monoisotopic (exact) mass is 369 g/mol. The zero-order chi connectivity index (χ0) is 18.0. The minimum Gasteiger partial charge on any atom is -0.338 e. The Bertz CT molecular complexity index is 768. The second-order valence-corrected chi connectivity index (χ2v) is 8.32. The molecule has 2 aromatic rings. The fourth-order valence-corrected chi connectivity index (χ4v) is 4.79. The van der Waals surface area contributed by atoms with Crippen LogP contribution < -0.4 is 0 Å². The van der Waals surface area contributed by atoms with Gasteiger partial charge in [0.2, 0.25) is 5.91 Å². The van der Waals surface area contributed by atoms with Gasteiger partial charge in [0, 0.05) is 45.0 Å². The van der Waals surface area contributed by atoms with Crippen LogP contribution in [0.4, 0.5) is 0 Å². The van der Waals surface area contributed by atoms with Gasteiger partial charge < -0.3 is 9.80 Å². The summed E-state index contributed by atoms with van der Waals surface area (Å²) in [6.07, 6.45) is 7.06. The quantitative estimate of drug-likeness (QED) is 0.835. The van der Waals surface area contributed by atoms with Gasteiger partial charge in [0.05, 0.1) is 4.88 Å². The van der Waals surface area contributed by atoms with Gasteiger partial charge in [-0.1, -0.05) is 6.07 Å². The molecule has 2 aliphatic rings. The smallest absolute Gasteiger partial charge is 0.263 e. The maximum absolute atomic E-state index is 12.6. The molecule has 2 saturated heterocycles. The van der Waals surface area contributed by atoms with E-state index >= 15 is 0 Å². The number of rotatable bonds is 3. The fourth-order valence-electron chi connectivity index (χ4n) is 4.10. The van der Waals surface area contributed by atoms with Crippen molar-refractivity contribution in [3.63, 3.8) is 0 Å².